The molecular formula is C12H14O2. The van der Waals surface area contributed by atoms with Crippen LogP contribution in [0.4, 0.5) is 0 Å². The van der Waals surface area contributed by atoms with E-state index in [9.17, 15) is 4.79 Å². The number of allylic oxidation sites excluding steroid dienone is 8. The van der Waals surface area contributed by atoms with Gasteiger partial charge in [0.05, 0.1) is 0 Å². The smallest absolute Gasteiger partial charge is 0.303 e. The maximum atomic E-state index is 10.3. The quantitative estimate of drug-likeness (QED) is 0.740. The zero-order valence-electron chi connectivity index (χ0n) is 8.02. The summed E-state index contributed by atoms with van der Waals surface area (Å²) in [6.07, 6.45) is 15.6. The minimum atomic E-state index is -0.726. The first-order valence-corrected chi connectivity index (χ1v) is 4.71. The monoisotopic (exact) mass is 190 g/mol. The van der Waals surface area contributed by atoms with Crippen LogP contribution in [0.15, 0.2) is 48.1 Å². The molecule has 0 amide bonds. The van der Waals surface area contributed by atoms with Crippen LogP contribution in [0, 0.1) is 0 Å². The fraction of sp³-hybridized carbons (Fsp3) is 0.250. The number of hydrogen-bond donors (Lipinski definition) is 1. The highest BCUT2D eigenvalue weighted by atomic mass is 16.4. The minimum absolute atomic E-state index is 0.241. The van der Waals surface area contributed by atoms with Crippen LogP contribution >= 0.6 is 0 Å². The number of hydrogen-bond acceptors (Lipinski definition) is 1. The van der Waals surface area contributed by atoms with Crippen LogP contribution < -0.4 is 0 Å². The van der Waals surface area contributed by atoms with Crippen LogP contribution in [0.5, 0.6) is 0 Å². The Hall–Kier alpha value is -1.57. The molecule has 1 N–H and O–H groups in total. The SMILES string of the molecule is O=C(O)CCCC1=CC=CC=CC=C1. The van der Waals surface area contributed by atoms with Gasteiger partial charge >= 0.3 is 5.97 Å². The summed E-state index contributed by atoms with van der Waals surface area (Å²) in [6, 6.07) is 0. The molecule has 14 heavy (non-hydrogen) atoms. The summed E-state index contributed by atoms with van der Waals surface area (Å²) >= 11 is 0. The third-order valence-corrected chi connectivity index (χ3v) is 1.92. The van der Waals surface area contributed by atoms with Gasteiger partial charge in [0, 0.05) is 6.42 Å². The molecule has 74 valence electrons. The zero-order chi connectivity index (χ0) is 10.2. The van der Waals surface area contributed by atoms with Crippen molar-refractivity contribution in [3.05, 3.63) is 48.1 Å². The lowest BCUT2D eigenvalue weighted by Gasteiger charge is -1.99. The lowest BCUT2D eigenvalue weighted by molar-refractivity contribution is -0.137. The molecule has 0 aromatic heterocycles. The van der Waals surface area contributed by atoms with Gasteiger partial charge in [0.1, 0.15) is 0 Å². The molecule has 0 aromatic rings. The van der Waals surface area contributed by atoms with Gasteiger partial charge in [-0.25, -0.2) is 0 Å². The molecule has 0 unspecified atom stereocenters. The Morgan fingerprint density at radius 3 is 2.64 bits per heavy atom. The van der Waals surface area contributed by atoms with Gasteiger partial charge in [-0.05, 0) is 18.4 Å². The van der Waals surface area contributed by atoms with Crippen molar-refractivity contribution in [2.45, 2.75) is 19.3 Å². The Labute approximate surface area is 83.9 Å². The van der Waals surface area contributed by atoms with E-state index in [0.717, 1.165) is 6.42 Å². The van der Waals surface area contributed by atoms with Crippen molar-refractivity contribution < 1.29 is 9.90 Å². The molecule has 0 heterocycles. The van der Waals surface area contributed by atoms with E-state index in [-0.39, 0.29) is 6.42 Å². The highest BCUT2D eigenvalue weighted by molar-refractivity contribution is 5.66. The summed E-state index contributed by atoms with van der Waals surface area (Å²) in [4.78, 5) is 10.3. The van der Waals surface area contributed by atoms with E-state index < -0.39 is 5.97 Å². The second-order valence-electron chi connectivity index (χ2n) is 3.12. The largest absolute Gasteiger partial charge is 0.481 e. The molecule has 0 aliphatic heterocycles. The molecule has 2 nitrogen and oxygen atoms in total. The van der Waals surface area contributed by atoms with Crippen molar-refractivity contribution in [2.24, 2.45) is 0 Å². The van der Waals surface area contributed by atoms with E-state index >= 15 is 0 Å². The first-order valence-electron chi connectivity index (χ1n) is 4.71. The highest BCUT2D eigenvalue weighted by Gasteiger charge is 1.97. The number of aliphatic carboxylic acids is 1. The molecule has 2 heteroatoms. The molecule has 1 rings (SSSR count). The Morgan fingerprint density at radius 1 is 1.14 bits per heavy atom. The molecule has 1 aliphatic rings. The van der Waals surface area contributed by atoms with Gasteiger partial charge in [-0.15, -0.1) is 0 Å². The predicted octanol–water partition coefficient (Wildman–Crippen LogP) is 2.85. The molecule has 0 saturated heterocycles. The molecule has 0 aromatic carbocycles. The Morgan fingerprint density at radius 2 is 1.86 bits per heavy atom. The zero-order valence-corrected chi connectivity index (χ0v) is 8.02. The molecule has 0 atom stereocenters. The fourth-order valence-electron chi connectivity index (χ4n) is 1.22. The topological polar surface area (TPSA) is 37.3 Å². The summed E-state index contributed by atoms with van der Waals surface area (Å²) in [7, 11) is 0. The van der Waals surface area contributed by atoms with E-state index in [1.54, 1.807) is 0 Å². The second-order valence-corrected chi connectivity index (χ2v) is 3.12. The summed E-state index contributed by atoms with van der Waals surface area (Å²) in [5.74, 6) is -0.726. The summed E-state index contributed by atoms with van der Waals surface area (Å²) in [5.41, 5.74) is 1.17. The van der Waals surface area contributed by atoms with Crippen LogP contribution in [0.3, 0.4) is 0 Å². The molecular weight excluding hydrogens is 176 g/mol. The third-order valence-electron chi connectivity index (χ3n) is 1.92. The van der Waals surface area contributed by atoms with Crippen molar-refractivity contribution in [3.8, 4) is 0 Å². The Kier molecular flexibility index (Phi) is 4.48. The number of carbonyl (C=O) groups is 1. The molecule has 0 saturated carbocycles. The fourth-order valence-corrected chi connectivity index (χ4v) is 1.22. The standard InChI is InChI=1S/C12H14O2/c13-12(14)10-6-9-11-7-4-2-1-3-5-8-11/h1-5,7-8H,6,9-10H2,(H,13,14). The number of carboxylic acid groups (broad SMARTS) is 1. The molecule has 0 radical (unpaired) electrons. The van der Waals surface area contributed by atoms with E-state index in [1.807, 2.05) is 42.5 Å². The van der Waals surface area contributed by atoms with Crippen molar-refractivity contribution >= 4 is 5.97 Å². The first-order chi connectivity index (χ1) is 6.79. The number of rotatable bonds is 4. The van der Waals surface area contributed by atoms with Crippen molar-refractivity contribution in [1.82, 2.24) is 0 Å². The third kappa shape index (κ3) is 4.45. The molecule has 1 aliphatic carbocycles. The van der Waals surface area contributed by atoms with E-state index in [2.05, 4.69) is 0 Å². The van der Waals surface area contributed by atoms with Crippen LogP contribution in [-0.4, -0.2) is 11.1 Å². The van der Waals surface area contributed by atoms with Gasteiger partial charge in [0.25, 0.3) is 0 Å². The second kappa shape index (κ2) is 5.97. The minimum Gasteiger partial charge on any atom is -0.481 e. The maximum absolute atomic E-state index is 10.3. The lowest BCUT2D eigenvalue weighted by Crippen LogP contribution is -1.94. The van der Waals surface area contributed by atoms with Gasteiger partial charge in [-0.3, -0.25) is 4.79 Å². The molecule has 0 bridgehead atoms. The van der Waals surface area contributed by atoms with Gasteiger partial charge < -0.3 is 5.11 Å². The summed E-state index contributed by atoms with van der Waals surface area (Å²) < 4.78 is 0. The summed E-state index contributed by atoms with van der Waals surface area (Å²) in [5, 5.41) is 8.48. The maximum Gasteiger partial charge on any atom is 0.303 e. The normalized spacial score (nSPS) is 14.7. The van der Waals surface area contributed by atoms with Crippen LogP contribution in [0.25, 0.3) is 0 Å². The van der Waals surface area contributed by atoms with Crippen LogP contribution in [0.1, 0.15) is 19.3 Å². The Bertz CT molecular complexity index is 306. The highest BCUT2D eigenvalue weighted by Crippen LogP contribution is 2.10. The average molecular weight is 190 g/mol. The molecule has 0 fully saturated rings. The summed E-state index contributed by atoms with van der Waals surface area (Å²) in [6.45, 7) is 0. The average Bonchev–Trinajstić information content (AvgIpc) is 2.07. The predicted molar refractivity (Wildman–Crippen MR) is 57.0 cm³/mol. The molecule has 0 spiro atoms. The van der Waals surface area contributed by atoms with Crippen LogP contribution in [0.2, 0.25) is 0 Å². The van der Waals surface area contributed by atoms with E-state index in [0.29, 0.717) is 6.42 Å². The van der Waals surface area contributed by atoms with Gasteiger partial charge in [0.15, 0.2) is 0 Å². The van der Waals surface area contributed by atoms with Crippen molar-refractivity contribution in [2.75, 3.05) is 0 Å². The Balaban J connectivity index is 2.39. The van der Waals surface area contributed by atoms with E-state index in [1.165, 1.54) is 5.57 Å². The number of carboxylic acids is 1. The van der Waals surface area contributed by atoms with Crippen molar-refractivity contribution in [3.63, 3.8) is 0 Å². The first kappa shape index (κ1) is 10.5. The van der Waals surface area contributed by atoms with Gasteiger partial charge in [-0.1, -0.05) is 42.5 Å². The van der Waals surface area contributed by atoms with Crippen LogP contribution in [-0.2, 0) is 4.79 Å². The van der Waals surface area contributed by atoms with Gasteiger partial charge in [0.2, 0.25) is 0 Å². The van der Waals surface area contributed by atoms with Gasteiger partial charge in [-0.2, -0.15) is 0 Å². The van der Waals surface area contributed by atoms with E-state index in [4.69, 9.17) is 5.11 Å². The lowest BCUT2D eigenvalue weighted by atomic mass is 10.1. The van der Waals surface area contributed by atoms with Crippen molar-refractivity contribution in [1.29, 1.82) is 0 Å².